The first-order valence-electron chi connectivity index (χ1n) is 8.26. The predicted octanol–water partition coefficient (Wildman–Crippen LogP) is 4.59. The van der Waals surface area contributed by atoms with Crippen LogP contribution in [0.3, 0.4) is 0 Å². The Labute approximate surface area is 134 Å². The van der Waals surface area contributed by atoms with Gasteiger partial charge < -0.3 is 10.6 Å². The maximum absolute atomic E-state index is 5.94. The fourth-order valence-electron chi connectivity index (χ4n) is 2.42. The molecule has 22 heavy (non-hydrogen) atoms. The van der Waals surface area contributed by atoms with Crippen molar-refractivity contribution in [2.24, 2.45) is 0 Å². The van der Waals surface area contributed by atoms with Gasteiger partial charge in [0.1, 0.15) is 5.82 Å². The summed E-state index contributed by atoms with van der Waals surface area (Å²) >= 11 is 0. The highest BCUT2D eigenvalue weighted by Gasteiger charge is 2.10. The van der Waals surface area contributed by atoms with Crippen LogP contribution in [-0.4, -0.2) is 30.0 Å². The van der Waals surface area contributed by atoms with E-state index in [-0.39, 0.29) is 0 Å². The molecule has 3 heteroatoms. The van der Waals surface area contributed by atoms with Gasteiger partial charge in [-0.15, -0.1) is 0 Å². The van der Waals surface area contributed by atoms with Crippen LogP contribution in [0.15, 0.2) is 36.5 Å². The zero-order valence-corrected chi connectivity index (χ0v) is 14.6. The third-order valence-corrected chi connectivity index (χ3v) is 3.58. The van der Waals surface area contributed by atoms with Gasteiger partial charge in [0.15, 0.2) is 0 Å². The smallest absolute Gasteiger partial charge is 0.131 e. The molecule has 0 spiro atoms. The van der Waals surface area contributed by atoms with Crippen LogP contribution in [0.4, 0.5) is 5.82 Å². The second-order valence-electron chi connectivity index (χ2n) is 4.87. The van der Waals surface area contributed by atoms with Gasteiger partial charge in [0.2, 0.25) is 0 Å². The van der Waals surface area contributed by atoms with Crippen LogP contribution < -0.4 is 5.73 Å². The van der Waals surface area contributed by atoms with Gasteiger partial charge in [-0.1, -0.05) is 45.9 Å². The monoisotopic (exact) mass is 299 g/mol. The van der Waals surface area contributed by atoms with Crippen molar-refractivity contribution in [3.63, 3.8) is 0 Å². The molecule has 2 heterocycles. The Morgan fingerprint density at radius 3 is 2.45 bits per heavy atom. The molecular weight excluding hydrogens is 270 g/mol. The number of likely N-dealkylation sites (N-methyl/N-ethyl adjacent to an activating group) is 1. The minimum absolute atomic E-state index is 0.614. The number of nitrogens with zero attached hydrogens (tertiary/aromatic N) is 2. The third kappa shape index (κ3) is 4.31. The Balaban J connectivity index is 0.000000561. The highest BCUT2D eigenvalue weighted by molar-refractivity contribution is 5.93. The van der Waals surface area contributed by atoms with Crippen molar-refractivity contribution >= 4 is 22.2 Å². The van der Waals surface area contributed by atoms with E-state index in [1.54, 1.807) is 6.20 Å². The molecular formula is C19H29N3. The molecule has 1 aliphatic rings. The van der Waals surface area contributed by atoms with Crippen LogP contribution >= 0.6 is 0 Å². The average Bonchev–Trinajstić information content (AvgIpc) is 2.59. The molecule has 1 aromatic carbocycles. The molecule has 0 radical (unpaired) electrons. The highest BCUT2D eigenvalue weighted by Crippen LogP contribution is 2.27. The number of benzene rings is 1. The van der Waals surface area contributed by atoms with Gasteiger partial charge in [0, 0.05) is 24.7 Å². The Hall–Kier alpha value is -1.87. The summed E-state index contributed by atoms with van der Waals surface area (Å²) in [4.78, 5) is 6.48. The van der Waals surface area contributed by atoms with Crippen molar-refractivity contribution in [3.05, 3.63) is 42.1 Å². The minimum atomic E-state index is 0.614. The van der Waals surface area contributed by atoms with Gasteiger partial charge >= 0.3 is 0 Å². The number of nitrogens with two attached hydrogens (primary N) is 1. The molecule has 0 fully saturated rings. The number of nitrogen functional groups attached to an aromatic ring is 1. The number of anilines is 1. The van der Waals surface area contributed by atoms with Gasteiger partial charge in [-0.05, 0) is 42.1 Å². The quantitative estimate of drug-likeness (QED) is 0.837. The zero-order valence-electron chi connectivity index (χ0n) is 14.6. The molecule has 0 bridgehead atoms. The molecule has 120 valence electrons. The second kappa shape index (κ2) is 9.21. The molecule has 0 amide bonds. The summed E-state index contributed by atoms with van der Waals surface area (Å²) in [7, 11) is 2.15. The Kier molecular flexibility index (Phi) is 7.61. The van der Waals surface area contributed by atoms with Crippen molar-refractivity contribution in [3.8, 4) is 0 Å². The van der Waals surface area contributed by atoms with Gasteiger partial charge in [-0.2, -0.15) is 0 Å². The molecule has 1 aliphatic heterocycles. The van der Waals surface area contributed by atoms with E-state index in [1.807, 2.05) is 33.8 Å². The number of fused-ring (bicyclic) bond motifs is 1. The minimum Gasteiger partial charge on any atom is -0.383 e. The topological polar surface area (TPSA) is 42.2 Å². The summed E-state index contributed by atoms with van der Waals surface area (Å²) in [5.41, 5.74) is 8.63. The molecule has 2 N–H and O–H groups in total. The summed E-state index contributed by atoms with van der Waals surface area (Å²) in [6, 6.07) is 8.47. The van der Waals surface area contributed by atoms with Crippen LogP contribution in [0.2, 0.25) is 0 Å². The first-order chi connectivity index (χ1) is 10.7. The second-order valence-corrected chi connectivity index (χ2v) is 4.87. The highest BCUT2D eigenvalue weighted by atomic mass is 15.1. The fourth-order valence-corrected chi connectivity index (χ4v) is 2.42. The van der Waals surface area contributed by atoms with Crippen molar-refractivity contribution < 1.29 is 0 Å². The molecule has 0 atom stereocenters. The number of aromatic nitrogens is 1. The van der Waals surface area contributed by atoms with E-state index in [4.69, 9.17) is 5.73 Å². The maximum Gasteiger partial charge on any atom is 0.131 e. The number of hydrogen-bond acceptors (Lipinski definition) is 3. The van der Waals surface area contributed by atoms with E-state index >= 15 is 0 Å². The Morgan fingerprint density at radius 1 is 1.09 bits per heavy atom. The van der Waals surface area contributed by atoms with E-state index in [0.29, 0.717) is 5.82 Å². The van der Waals surface area contributed by atoms with Gasteiger partial charge in [-0.3, -0.25) is 0 Å². The first-order valence-corrected chi connectivity index (χ1v) is 8.26. The Bertz CT molecular complexity index is 617. The van der Waals surface area contributed by atoms with E-state index in [1.165, 1.54) is 11.1 Å². The summed E-state index contributed by atoms with van der Waals surface area (Å²) < 4.78 is 0. The molecule has 3 rings (SSSR count). The van der Waals surface area contributed by atoms with Crippen molar-refractivity contribution in [1.29, 1.82) is 0 Å². The van der Waals surface area contributed by atoms with Crippen LogP contribution in [-0.2, 0) is 0 Å². The molecule has 0 saturated heterocycles. The van der Waals surface area contributed by atoms with E-state index in [9.17, 15) is 0 Å². The summed E-state index contributed by atoms with van der Waals surface area (Å²) in [5.74, 6) is 0.614. The first kappa shape index (κ1) is 18.2. The van der Waals surface area contributed by atoms with Crippen molar-refractivity contribution in [1.82, 2.24) is 9.88 Å². The van der Waals surface area contributed by atoms with Crippen molar-refractivity contribution in [2.45, 2.75) is 34.1 Å². The third-order valence-electron chi connectivity index (χ3n) is 3.58. The van der Waals surface area contributed by atoms with Crippen LogP contribution in [0.1, 0.15) is 39.7 Å². The van der Waals surface area contributed by atoms with E-state index < -0.39 is 0 Å². The SMILES string of the molecule is CC.CC.CN1CC=C(c2ccc3ccnc(N)c3c2)CC1. The molecule has 2 aromatic rings. The number of hydrogen-bond donors (Lipinski definition) is 1. The lowest BCUT2D eigenvalue weighted by atomic mass is 9.97. The average molecular weight is 299 g/mol. The molecule has 0 aliphatic carbocycles. The number of rotatable bonds is 1. The van der Waals surface area contributed by atoms with E-state index in [2.05, 4.69) is 41.2 Å². The van der Waals surface area contributed by atoms with Crippen LogP contribution in [0.25, 0.3) is 16.3 Å². The largest absolute Gasteiger partial charge is 0.383 e. The van der Waals surface area contributed by atoms with Gasteiger partial charge in [0.05, 0.1) is 0 Å². The van der Waals surface area contributed by atoms with Crippen LogP contribution in [0.5, 0.6) is 0 Å². The standard InChI is InChI=1S/C15H17N3.2C2H6/c1-18-8-5-11(6-9-18)13-3-2-12-4-7-17-15(16)14(12)10-13;2*1-2/h2-5,7,10H,6,8-9H2,1H3,(H2,16,17);2*1-2H3. The maximum atomic E-state index is 5.94. The lowest BCUT2D eigenvalue weighted by Crippen LogP contribution is -2.23. The van der Waals surface area contributed by atoms with Gasteiger partial charge in [0.25, 0.3) is 0 Å². The molecule has 0 unspecified atom stereocenters. The molecule has 1 aromatic heterocycles. The van der Waals surface area contributed by atoms with Crippen LogP contribution in [0, 0.1) is 0 Å². The van der Waals surface area contributed by atoms with Gasteiger partial charge in [-0.25, -0.2) is 4.98 Å². The zero-order chi connectivity index (χ0) is 16.5. The predicted molar refractivity (Wildman–Crippen MR) is 98.9 cm³/mol. The number of pyridine rings is 1. The summed E-state index contributed by atoms with van der Waals surface area (Å²) in [5, 5.41) is 2.20. The van der Waals surface area contributed by atoms with E-state index in [0.717, 1.165) is 30.3 Å². The summed E-state index contributed by atoms with van der Waals surface area (Å²) in [6.07, 6.45) is 5.16. The lowest BCUT2D eigenvalue weighted by molar-refractivity contribution is 0.370. The molecule has 0 saturated carbocycles. The van der Waals surface area contributed by atoms with Crippen molar-refractivity contribution in [2.75, 3.05) is 25.9 Å². The fraction of sp³-hybridized carbons (Fsp3) is 0.421. The Morgan fingerprint density at radius 2 is 1.82 bits per heavy atom. The summed E-state index contributed by atoms with van der Waals surface area (Å²) in [6.45, 7) is 10.1. The lowest BCUT2D eigenvalue weighted by Gasteiger charge is -2.22. The molecule has 3 nitrogen and oxygen atoms in total. The normalized spacial score (nSPS) is 14.3.